The molecule has 0 aliphatic heterocycles. The number of carboxylic acid groups (broad SMARTS) is 1. The number of hydrogen-bond donors (Lipinski definition) is 1. The summed E-state index contributed by atoms with van der Waals surface area (Å²) in [6.07, 6.45) is 0.323. The van der Waals surface area contributed by atoms with Gasteiger partial charge < -0.3 is 9.84 Å². The van der Waals surface area contributed by atoms with Crippen LogP contribution in [0.25, 0.3) is 0 Å². The Labute approximate surface area is 77.5 Å². The Morgan fingerprint density at radius 3 is 2.77 bits per heavy atom. The van der Waals surface area contributed by atoms with Gasteiger partial charge in [-0.3, -0.25) is 9.69 Å². The SMILES string of the molecule is COCC(C(=O)O)N(C)CCC#N. The van der Waals surface area contributed by atoms with Crippen molar-refractivity contribution >= 4 is 5.97 Å². The van der Waals surface area contributed by atoms with Crippen LogP contribution in [-0.4, -0.2) is 49.3 Å². The molecule has 1 atom stereocenters. The lowest BCUT2D eigenvalue weighted by molar-refractivity contribution is -0.144. The fourth-order valence-corrected chi connectivity index (χ4v) is 0.927. The van der Waals surface area contributed by atoms with Crippen molar-refractivity contribution in [3.63, 3.8) is 0 Å². The van der Waals surface area contributed by atoms with Gasteiger partial charge in [0.05, 0.1) is 12.7 Å². The van der Waals surface area contributed by atoms with Crippen LogP contribution in [0.1, 0.15) is 6.42 Å². The van der Waals surface area contributed by atoms with Crippen molar-refractivity contribution in [1.82, 2.24) is 4.90 Å². The number of nitrogens with zero attached hydrogens (tertiary/aromatic N) is 2. The molecule has 0 amide bonds. The van der Waals surface area contributed by atoms with E-state index in [1.807, 2.05) is 6.07 Å². The van der Waals surface area contributed by atoms with Gasteiger partial charge in [-0.1, -0.05) is 0 Å². The largest absolute Gasteiger partial charge is 0.480 e. The molecular weight excluding hydrogens is 172 g/mol. The lowest BCUT2D eigenvalue weighted by Crippen LogP contribution is -2.42. The summed E-state index contributed by atoms with van der Waals surface area (Å²) in [5, 5.41) is 17.1. The van der Waals surface area contributed by atoms with E-state index < -0.39 is 12.0 Å². The van der Waals surface area contributed by atoms with Crippen LogP contribution in [0.15, 0.2) is 0 Å². The van der Waals surface area contributed by atoms with Gasteiger partial charge in [0.15, 0.2) is 0 Å². The molecule has 0 rings (SSSR count). The van der Waals surface area contributed by atoms with Crippen molar-refractivity contribution in [2.75, 3.05) is 27.3 Å². The van der Waals surface area contributed by atoms with Crippen LogP contribution < -0.4 is 0 Å². The number of carboxylic acids is 1. The number of ether oxygens (including phenoxy) is 1. The minimum atomic E-state index is -0.928. The second kappa shape index (κ2) is 6.40. The van der Waals surface area contributed by atoms with Gasteiger partial charge in [-0.2, -0.15) is 5.26 Å². The smallest absolute Gasteiger partial charge is 0.323 e. The third kappa shape index (κ3) is 4.45. The van der Waals surface area contributed by atoms with E-state index >= 15 is 0 Å². The second-order valence-corrected chi connectivity index (χ2v) is 2.70. The molecule has 5 nitrogen and oxygen atoms in total. The summed E-state index contributed by atoms with van der Waals surface area (Å²) in [4.78, 5) is 12.3. The van der Waals surface area contributed by atoms with Crippen LogP contribution in [0.3, 0.4) is 0 Å². The summed E-state index contributed by atoms with van der Waals surface area (Å²) in [6, 6.07) is 1.29. The number of aliphatic carboxylic acids is 1. The van der Waals surface area contributed by atoms with Gasteiger partial charge >= 0.3 is 5.97 Å². The third-order valence-corrected chi connectivity index (χ3v) is 1.72. The van der Waals surface area contributed by atoms with Crippen molar-refractivity contribution in [1.29, 1.82) is 5.26 Å². The number of nitriles is 1. The van der Waals surface area contributed by atoms with E-state index in [0.29, 0.717) is 13.0 Å². The first-order valence-electron chi connectivity index (χ1n) is 3.92. The van der Waals surface area contributed by atoms with Crippen molar-refractivity contribution in [3.8, 4) is 6.07 Å². The van der Waals surface area contributed by atoms with E-state index in [9.17, 15) is 4.79 Å². The lowest BCUT2D eigenvalue weighted by Gasteiger charge is -2.22. The molecule has 0 bridgehead atoms. The maximum atomic E-state index is 10.7. The normalized spacial score (nSPS) is 12.5. The monoisotopic (exact) mass is 186 g/mol. The van der Waals surface area contributed by atoms with Crippen LogP contribution in [0.2, 0.25) is 0 Å². The summed E-state index contributed by atoms with van der Waals surface area (Å²) in [7, 11) is 3.11. The molecule has 0 aromatic carbocycles. The molecular formula is C8H14N2O3. The van der Waals surface area contributed by atoms with Crippen LogP contribution in [0, 0.1) is 11.3 Å². The van der Waals surface area contributed by atoms with Crippen LogP contribution in [0.5, 0.6) is 0 Å². The highest BCUT2D eigenvalue weighted by molar-refractivity contribution is 5.73. The van der Waals surface area contributed by atoms with Gasteiger partial charge in [0, 0.05) is 20.1 Å². The van der Waals surface area contributed by atoms with Gasteiger partial charge in [0.1, 0.15) is 6.04 Å². The molecule has 1 N–H and O–H groups in total. The van der Waals surface area contributed by atoms with E-state index in [-0.39, 0.29) is 6.61 Å². The summed E-state index contributed by atoms with van der Waals surface area (Å²) in [5.41, 5.74) is 0. The van der Waals surface area contributed by atoms with Crippen LogP contribution in [-0.2, 0) is 9.53 Å². The Bertz CT molecular complexity index is 200. The van der Waals surface area contributed by atoms with Crippen molar-refractivity contribution in [2.45, 2.75) is 12.5 Å². The minimum absolute atomic E-state index is 0.136. The number of carbonyl (C=O) groups is 1. The Kier molecular flexibility index (Phi) is 5.85. The number of hydrogen-bond acceptors (Lipinski definition) is 4. The van der Waals surface area contributed by atoms with E-state index in [0.717, 1.165) is 0 Å². The number of methoxy groups -OCH3 is 1. The molecule has 0 aromatic heterocycles. The first-order chi connectivity index (χ1) is 6.13. The fraction of sp³-hybridized carbons (Fsp3) is 0.750. The van der Waals surface area contributed by atoms with Gasteiger partial charge in [0.2, 0.25) is 0 Å². The van der Waals surface area contributed by atoms with Gasteiger partial charge in [0.25, 0.3) is 0 Å². The van der Waals surface area contributed by atoms with E-state index in [1.54, 1.807) is 11.9 Å². The predicted molar refractivity (Wildman–Crippen MR) is 46.2 cm³/mol. The molecule has 0 aliphatic rings. The molecule has 1 unspecified atom stereocenters. The van der Waals surface area contributed by atoms with Crippen LogP contribution in [0.4, 0.5) is 0 Å². The number of likely N-dealkylation sites (N-methyl/N-ethyl adjacent to an activating group) is 1. The molecule has 0 aromatic rings. The zero-order valence-electron chi connectivity index (χ0n) is 7.86. The van der Waals surface area contributed by atoms with Gasteiger partial charge in [-0.15, -0.1) is 0 Å². The standard InChI is InChI=1S/C8H14N2O3/c1-10(5-3-4-9)7(6-13-2)8(11)12/h7H,3,5-6H2,1-2H3,(H,11,12). The molecule has 0 aliphatic carbocycles. The molecule has 5 heteroatoms. The van der Waals surface area contributed by atoms with Gasteiger partial charge in [-0.25, -0.2) is 0 Å². The highest BCUT2D eigenvalue weighted by Crippen LogP contribution is 1.98. The highest BCUT2D eigenvalue weighted by Gasteiger charge is 2.21. The minimum Gasteiger partial charge on any atom is -0.480 e. The average Bonchev–Trinajstić information content (AvgIpc) is 2.09. The van der Waals surface area contributed by atoms with E-state index in [2.05, 4.69) is 0 Å². The third-order valence-electron chi connectivity index (χ3n) is 1.72. The average molecular weight is 186 g/mol. The summed E-state index contributed by atoms with van der Waals surface area (Å²) in [5.74, 6) is -0.928. The topological polar surface area (TPSA) is 73.6 Å². The molecule has 0 fully saturated rings. The molecule has 0 saturated heterocycles. The van der Waals surface area contributed by atoms with Crippen LogP contribution >= 0.6 is 0 Å². The molecule has 0 radical (unpaired) electrons. The first kappa shape index (κ1) is 11.9. The van der Waals surface area contributed by atoms with Crippen molar-refractivity contribution < 1.29 is 14.6 Å². The Morgan fingerprint density at radius 2 is 2.38 bits per heavy atom. The first-order valence-corrected chi connectivity index (χ1v) is 3.92. The van der Waals surface area contributed by atoms with Crippen molar-refractivity contribution in [3.05, 3.63) is 0 Å². The predicted octanol–water partition coefficient (Wildman–Crippen LogP) is -0.0685. The van der Waals surface area contributed by atoms with E-state index in [4.69, 9.17) is 15.1 Å². The zero-order valence-corrected chi connectivity index (χ0v) is 7.86. The maximum Gasteiger partial charge on any atom is 0.323 e. The Balaban J connectivity index is 4.04. The Hall–Kier alpha value is -1.12. The summed E-state index contributed by atoms with van der Waals surface area (Å²) in [6.45, 7) is 0.577. The molecule has 0 saturated carbocycles. The second-order valence-electron chi connectivity index (χ2n) is 2.70. The summed E-state index contributed by atoms with van der Waals surface area (Å²) >= 11 is 0. The fourth-order valence-electron chi connectivity index (χ4n) is 0.927. The molecule has 13 heavy (non-hydrogen) atoms. The highest BCUT2D eigenvalue weighted by atomic mass is 16.5. The molecule has 0 spiro atoms. The van der Waals surface area contributed by atoms with E-state index in [1.165, 1.54) is 7.11 Å². The summed E-state index contributed by atoms with van der Waals surface area (Å²) < 4.78 is 4.76. The van der Waals surface area contributed by atoms with Crippen molar-refractivity contribution in [2.24, 2.45) is 0 Å². The Morgan fingerprint density at radius 1 is 1.77 bits per heavy atom. The maximum absolute atomic E-state index is 10.7. The quantitative estimate of drug-likeness (QED) is 0.628. The lowest BCUT2D eigenvalue weighted by atomic mass is 10.2. The molecule has 0 heterocycles. The molecule has 74 valence electrons. The zero-order chi connectivity index (χ0) is 10.3. The number of rotatable bonds is 6. The van der Waals surface area contributed by atoms with Gasteiger partial charge in [-0.05, 0) is 7.05 Å².